The molecular weight excluding hydrogens is 642 g/mol. The summed E-state index contributed by atoms with van der Waals surface area (Å²) in [5.74, 6) is -0.164. The predicted molar refractivity (Wildman–Crippen MR) is 175 cm³/mol. The lowest BCUT2D eigenvalue weighted by Crippen LogP contribution is -2.29. The molecule has 0 radical (unpaired) electrons. The minimum absolute atomic E-state index is 0.0955. The van der Waals surface area contributed by atoms with Crippen molar-refractivity contribution < 1.29 is 31.6 Å². The predicted octanol–water partition coefficient (Wildman–Crippen LogP) is 8.30. The Labute approximate surface area is 282 Å². The van der Waals surface area contributed by atoms with Crippen LogP contribution in [0.5, 0.6) is 0 Å². The van der Waals surface area contributed by atoms with Gasteiger partial charge in [0.25, 0.3) is 0 Å². The highest BCUT2D eigenvalue weighted by Gasteiger charge is 2.67. The monoisotopic (exact) mass is 683 g/mol. The second-order valence-electron chi connectivity index (χ2n) is 13.1. The van der Waals surface area contributed by atoms with Gasteiger partial charge in [-0.25, -0.2) is 19.0 Å². The molecule has 1 aromatic carbocycles. The van der Waals surface area contributed by atoms with Gasteiger partial charge >= 0.3 is 6.18 Å². The zero-order chi connectivity index (χ0) is 34.8. The quantitative estimate of drug-likeness (QED) is 0.135. The molecule has 1 saturated heterocycles. The van der Waals surface area contributed by atoms with Gasteiger partial charge in [-0.15, -0.1) is 0 Å². The molecule has 3 aromatic heterocycles. The smallest absolute Gasteiger partial charge is 0.358 e. The molecule has 49 heavy (non-hydrogen) atoms. The van der Waals surface area contributed by atoms with Crippen molar-refractivity contribution in [3.63, 3.8) is 0 Å². The fraction of sp³-hybridized carbons (Fsp3) is 0.514. The average Bonchev–Trinajstić information content (AvgIpc) is 3.63. The molecular formula is C35H41F4N7O3. The molecule has 3 atom stereocenters. The standard InChI is InChI=1S/C35H41F4N7O3/c1-4-6-7-21(3)22-10-13-48-32(16-22)46-28(5-2)27(20-42-46)43-33-40-18-25(19-41-33)23-8-9-24(26(36)14-23)15-31(47)44-30-17-29(49-45-30)34(11-12-34)35(37,38)39/h8-9,14,17-22,32H,4-7,10-13,15-16H2,1-3H3,(H,40,41,43)(H,44,45,47). The van der Waals surface area contributed by atoms with E-state index in [4.69, 9.17) is 9.26 Å². The highest BCUT2D eigenvalue weighted by molar-refractivity contribution is 5.91. The second kappa shape index (κ2) is 14.3. The van der Waals surface area contributed by atoms with E-state index in [0.717, 1.165) is 43.3 Å². The Balaban J connectivity index is 1.06. The van der Waals surface area contributed by atoms with E-state index in [1.165, 1.54) is 31.4 Å². The van der Waals surface area contributed by atoms with Gasteiger partial charge in [0.15, 0.2) is 17.8 Å². The Morgan fingerprint density at radius 3 is 2.57 bits per heavy atom. The number of carbonyl (C=O) groups excluding carboxylic acids is 1. The lowest BCUT2D eigenvalue weighted by molar-refractivity contribution is -0.165. The number of halogens is 4. The first-order chi connectivity index (χ1) is 23.5. The van der Waals surface area contributed by atoms with Crippen molar-refractivity contribution >= 4 is 23.4 Å². The first kappa shape index (κ1) is 34.5. The van der Waals surface area contributed by atoms with Crippen LogP contribution in [0.1, 0.15) is 89.0 Å². The molecule has 1 aliphatic carbocycles. The summed E-state index contributed by atoms with van der Waals surface area (Å²) in [4.78, 5) is 21.4. The lowest BCUT2D eigenvalue weighted by Gasteiger charge is -2.34. The van der Waals surface area contributed by atoms with Gasteiger partial charge in [0.2, 0.25) is 11.9 Å². The van der Waals surface area contributed by atoms with Gasteiger partial charge < -0.3 is 19.9 Å². The van der Waals surface area contributed by atoms with Crippen molar-refractivity contribution in [2.75, 3.05) is 17.2 Å². The number of ether oxygens (including phenoxy) is 1. The number of rotatable bonds is 13. The fourth-order valence-electron chi connectivity index (χ4n) is 6.59. The third-order valence-corrected chi connectivity index (χ3v) is 9.81. The van der Waals surface area contributed by atoms with Gasteiger partial charge in [0.1, 0.15) is 11.2 Å². The number of carbonyl (C=O) groups is 1. The minimum atomic E-state index is -4.47. The summed E-state index contributed by atoms with van der Waals surface area (Å²) in [5, 5.41) is 13.9. The van der Waals surface area contributed by atoms with Gasteiger partial charge in [0.05, 0.1) is 24.0 Å². The summed E-state index contributed by atoms with van der Waals surface area (Å²) in [6, 6.07) is 5.47. The Kier molecular flexibility index (Phi) is 10.0. The maximum atomic E-state index is 15.1. The SMILES string of the molecule is CCCCC(C)C1CCOC(n2ncc(Nc3ncc(-c4ccc(CC(=O)Nc5cc(C6(C(F)(F)F)CC6)on5)c(F)c4)cn3)c2CC)C1. The molecule has 14 heteroatoms. The van der Waals surface area contributed by atoms with Crippen LogP contribution in [0.2, 0.25) is 0 Å². The van der Waals surface area contributed by atoms with Crippen LogP contribution < -0.4 is 10.6 Å². The normalized spacial score (nSPS) is 19.4. The second-order valence-corrected chi connectivity index (χ2v) is 13.1. The van der Waals surface area contributed by atoms with Crippen molar-refractivity contribution in [1.29, 1.82) is 0 Å². The number of unbranched alkanes of at least 4 members (excludes halogenated alkanes) is 1. The van der Waals surface area contributed by atoms with Gasteiger partial charge in [-0.3, -0.25) is 4.79 Å². The molecule has 6 rings (SSSR count). The summed E-state index contributed by atoms with van der Waals surface area (Å²) in [6.45, 7) is 7.36. The van der Waals surface area contributed by atoms with Crippen LogP contribution in [0, 0.1) is 17.7 Å². The Morgan fingerprint density at radius 1 is 1.12 bits per heavy atom. The minimum Gasteiger partial charge on any atom is -0.358 e. The maximum absolute atomic E-state index is 15.1. The first-order valence-electron chi connectivity index (χ1n) is 16.9. The zero-order valence-electron chi connectivity index (χ0n) is 27.8. The molecule has 4 heterocycles. The molecule has 4 aromatic rings. The Hall–Kier alpha value is -4.33. The molecule has 2 fully saturated rings. The summed E-state index contributed by atoms with van der Waals surface area (Å²) in [7, 11) is 0. The van der Waals surface area contributed by atoms with Crippen LogP contribution in [-0.4, -0.2) is 43.6 Å². The number of anilines is 3. The average molecular weight is 684 g/mol. The van der Waals surface area contributed by atoms with Crippen molar-refractivity contribution in [2.45, 2.75) is 96.4 Å². The summed E-state index contributed by atoms with van der Waals surface area (Å²) in [5.41, 5.74) is 0.924. The Morgan fingerprint density at radius 2 is 1.90 bits per heavy atom. The molecule has 1 amide bonds. The van der Waals surface area contributed by atoms with Gasteiger partial charge in [-0.2, -0.15) is 18.3 Å². The molecule has 262 valence electrons. The highest BCUT2D eigenvalue weighted by atomic mass is 19.4. The number of nitrogens with zero attached hydrogens (tertiary/aromatic N) is 5. The van der Waals surface area contributed by atoms with Crippen molar-refractivity contribution in [3.05, 3.63) is 65.7 Å². The van der Waals surface area contributed by atoms with E-state index < -0.39 is 23.3 Å². The van der Waals surface area contributed by atoms with Crippen LogP contribution in [0.25, 0.3) is 11.1 Å². The van der Waals surface area contributed by atoms with Crippen LogP contribution in [0.15, 0.2) is 47.4 Å². The van der Waals surface area contributed by atoms with Crippen LogP contribution in [-0.2, 0) is 27.8 Å². The topological polar surface area (TPSA) is 120 Å². The van der Waals surface area contributed by atoms with Gasteiger partial charge in [-0.05, 0) is 61.1 Å². The lowest BCUT2D eigenvalue weighted by atomic mass is 9.83. The number of alkyl halides is 3. The maximum Gasteiger partial charge on any atom is 0.401 e. The number of amides is 1. The van der Waals surface area contributed by atoms with E-state index >= 15 is 4.39 Å². The number of nitrogens with one attached hydrogen (secondary N) is 2. The summed E-state index contributed by atoms with van der Waals surface area (Å²) < 4.78 is 68.1. The largest absolute Gasteiger partial charge is 0.401 e. The van der Waals surface area contributed by atoms with Gasteiger partial charge in [0, 0.05) is 30.6 Å². The number of hydrogen-bond donors (Lipinski definition) is 2. The van der Waals surface area contributed by atoms with Crippen LogP contribution >= 0.6 is 0 Å². The number of aromatic nitrogens is 5. The first-order valence-corrected chi connectivity index (χ1v) is 16.9. The Bertz CT molecular complexity index is 1750. The fourth-order valence-corrected chi connectivity index (χ4v) is 6.59. The zero-order valence-corrected chi connectivity index (χ0v) is 27.8. The third kappa shape index (κ3) is 7.48. The molecule has 2 N–H and O–H groups in total. The van der Waals surface area contributed by atoms with E-state index in [0.29, 0.717) is 28.9 Å². The van der Waals surface area contributed by atoms with Crippen molar-refractivity contribution in [3.8, 4) is 11.1 Å². The van der Waals surface area contributed by atoms with E-state index in [1.54, 1.807) is 24.7 Å². The van der Waals surface area contributed by atoms with E-state index in [-0.39, 0.29) is 42.6 Å². The summed E-state index contributed by atoms with van der Waals surface area (Å²) >= 11 is 0. The molecule has 2 aliphatic rings. The summed E-state index contributed by atoms with van der Waals surface area (Å²) in [6.07, 6.45) is 6.20. The van der Waals surface area contributed by atoms with Crippen molar-refractivity contribution in [1.82, 2.24) is 24.9 Å². The number of benzene rings is 1. The van der Waals surface area contributed by atoms with Crippen molar-refractivity contribution in [2.24, 2.45) is 11.8 Å². The van der Waals surface area contributed by atoms with E-state index in [9.17, 15) is 18.0 Å². The highest BCUT2D eigenvalue weighted by Crippen LogP contribution is 2.59. The molecule has 1 aliphatic heterocycles. The molecule has 1 saturated carbocycles. The van der Waals surface area contributed by atoms with E-state index in [2.05, 4.69) is 51.6 Å². The number of hydrogen-bond acceptors (Lipinski definition) is 8. The third-order valence-electron chi connectivity index (χ3n) is 9.81. The van der Waals surface area contributed by atoms with E-state index in [1.807, 2.05) is 4.68 Å². The molecule has 3 unspecified atom stereocenters. The molecule has 0 spiro atoms. The van der Waals surface area contributed by atoms with Gasteiger partial charge in [-0.1, -0.05) is 57.3 Å². The molecule has 0 bridgehead atoms. The van der Waals surface area contributed by atoms with Crippen LogP contribution in [0.3, 0.4) is 0 Å². The van der Waals surface area contributed by atoms with Crippen LogP contribution in [0.4, 0.5) is 35.0 Å². The molecule has 10 nitrogen and oxygen atoms in total.